The third-order valence-corrected chi connectivity index (χ3v) is 2.04. The van der Waals surface area contributed by atoms with Gasteiger partial charge in [0.1, 0.15) is 11.6 Å². The lowest BCUT2D eigenvalue weighted by Crippen LogP contribution is -2.26. The van der Waals surface area contributed by atoms with Gasteiger partial charge in [0.2, 0.25) is 5.78 Å². The van der Waals surface area contributed by atoms with Crippen LogP contribution in [0.25, 0.3) is 0 Å². The molecule has 0 saturated carbocycles. The van der Waals surface area contributed by atoms with E-state index in [0.717, 1.165) is 0 Å². The monoisotopic (exact) mass is 240 g/mol. The number of carbonyl (C=O) groups excluding carboxylic acids is 1. The van der Waals surface area contributed by atoms with Crippen molar-refractivity contribution in [3.8, 4) is 0 Å². The van der Waals surface area contributed by atoms with E-state index in [2.05, 4.69) is 0 Å². The molecule has 1 rings (SSSR count). The highest BCUT2D eigenvalue weighted by atomic mass is 35.5. The van der Waals surface area contributed by atoms with Crippen LogP contribution in [-0.2, 0) is 0 Å². The number of hydrogen-bond donors (Lipinski definition) is 0. The summed E-state index contributed by atoms with van der Waals surface area (Å²) >= 11 is 5.23. The normalized spacial score (nSPS) is 11.6. The first-order chi connectivity index (χ1) is 6.75. The molecule has 0 aliphatic carbocycles. The summed E-state index contributed by atoms with van der Waals surface area (Å²) in [5.41, 5.74) is -1.12. The minimum atomic E-state index is -3.79. The highest BCUT2D eigenvalue weighted by Crippen LogP contribution is 2.28. The molecular weight excluding hydrogens is 236 g/mol. The van der Waals surface area contributed by atoms with E-state index in [1.54, 1.807) is 0 Å². The number of halogens is 5. The summed E-state index contributed by atoms with van der Waals surface area (Å²) in [6, 6.07) is 1.22. The Morgan fingerprint density at radius 1 is 1.27 bits per heavy atom. The van der Waals surface area contributed by atoms with Crippen LogP contribution in [0.5, 0.6) is 0 Å². The number of alkyl halides is 2. The molecule has 6 heteroatoms. The van der Waals surface area contributed by atoms with Gasteiger partial charge in [0.25, 0.3) is 0 Å². The van der Waals surface area contributed by atoms with Gasteiger partial charge in [-0.3, -0.25) is 4.79 Å². The zero-order chi connectivity index (χ0) is 11.8. The molecule has 0 saturated heterocycles. The number of Topliss-reactive ketones (excluding diaryl/α,β-unsaturated/α-hetero) is 1. The predicted molar refractivity (Wildman–Crippen MR) is 46.3 cm³/mol. The molecule has 0 aromatic heterocycles. The maximum atomic E-state index is 13.0. The van der Waals surface area contributed by atoms with Crippen LogP contribution in [0.2, 0.25) is 5.02 Å². The van der Waals surface area contributed by atoms with E-state index in [1.165, 1.54) is 0 Å². The molecule has 0 spiro atoms. The van der Waals surface area contributed by atoms with E-state index < -0.39 is 33.9 Å². The van der Waals surface area contributed by atoms with Gasteiger partial charge < -0.3 is 0 Å². The Labute approximate surface area is 87.7 Å². The van der Waals surface area contributed by atoms with Gasteiger partial charge >= 0.3 is 5.92 Å². The number of benzene rings is 1. The number of hydrogen-bond acceptors (Lipinski definition) is 1. The maximum absolute atomic E-state index is 13.0. The fraction of sp³-hybridized carbons (Fsp3) is 0.222. The Balaban J connectivity index is 3.38. The molecule has 1 nitrogen and oxygen atoms in total. The van der Waals surface area contributed by atoms with Crippen LogP contribution in [0.3, 0.4) is 0 Å². The second-order valence-corrected chi connectivity index (χ2v) is 3.31. The molecule has 0 atom stereocenters. The molecule has 0 aliphatic rings. The fourth-order valence-corrected chi connectivity index (χ4v) is 1.19. The van der Waals surface area contributed by atoms with E-state index in [-0.39, 0.29) is 6.92 Å². The molecule has 0 radical (unpaired) electrons. The van der Waals surface area contributed by atoms with E-state index in [4.69, 9.17) is 11.6 Å². The first-order valence-electron chi connectivity index (χ1n) is 3.81. The van der Waals surface area contributed by atoms with E-state index >= 15 is 0 Å². The average Bonchev–Trinajstić information content (AvgIpc) is 2.10. The van der Waals surface area contributed by atoms with Crippen LogP contribution >= 0.6 is 11.6 Å². The minimum absolute atomic E-state index is 0.288. The lowest BCUT2D eigenvalue weighted by Gasteiger charge is -2.11. The van der Waals surface area contributed by atoms with Crippen molar-refractivity contribution in [3.05, 3.63) is 34.4 Å². The molecule has 0 amide bonds. The van der Waals surface area contributed by atoms with Crippen LogP contribution in [-0.4, -0.2) is 11.7 Å². The first kappa shape index (κ1) is 12.0. The van der Waals surface area contributed by atoms with Crippen LogP contribution < -0.4 is 0 Å². The lowest BCUT2D eigenvalue weighted by molar-refractivity contribution is 0.0217. The standard InChI is InChI=1S/C9H5ClF4O/c1-9(13,14)8(15)6-4(11)2-3-5(12)7(6)10/h2-3H,1H3. The summed E-state index contributed by atoms with van der Waals surface area (Å²) in [7, 11) is 0. The number of ketones is 1. The molecule has 82 valence electrons. The Hall–Kier alpha value is -1.10. The quantitative estimate of drug-likeness (QED) is 0.440. The number of rotatable bonds is 2. The Bertz CT molecular complexity index is 411. The van der Waals surface area contributed by atoms with Crippen molar-refractivity contribution in [1.82, 2.24) is 0 Å². The summed E-state index contributed by atoms with van der Waals surface area (Å²) in [4.78, 5) is 11.0. The molecule has 15 heavy (non-hydrogen) atoms. The van der Waals surface area contributed by atoms with Gasteiger partial charge in [0, 0.05) is 6.92 Å². The minimum Gasteiger partial charge on any atom is -0.287 e. The zero-order valence-corrected chi connectivity index (χ0v) is 8.21. The summed E-state index contributed by atoms with van der Waals surface area (Å²) in [5, 5.41) is -0.929. The van der Waals surface area contributed by atoms with Crippen molar-refractivity contribution in [2.45, 2.75) is 12.8 Å². The van der Waals surface area contributed by atoms with Gasteiger partial charge in [-0.25, -0.2) is 8.78 Å². The van der Waals surface area contributed by atoms with Crippen LogP contribution in [0.4, 0.5) is 17.6 Å². The molecule has 0 unspecified atom stereocenters. The number of carbonyl (C=O) groups is 1. The molecule has 1 aromatic carbocycles. The van der Waals surface area contributed by atoms with Crippen molar-refractivity contribution in [2.24, 2.45) is 0 Å². The second-order valence-electron chi connectivity index (χ2n) is 2.94. The van der Waals surface area contributed by atoms with Crippen molar-refractivity contribution in [2.75, 3.05) is 0 Å². The van der Waals surface area contributed by atoms with Gasteiger partial charge in [0.15, 0.2) is 0 Å². The molecule has 0 bridgehead atoms. The molecule has 1 aromatic rings. The molecule has 0 heterocycles. The predicted octanol–water partition coefficient (Wildman–Crippen LogP) is 3.46. The summed E-state index contributed by atoms with van der Waals surface area (Å²) in [6.07, 6.45) is 0. The van der Waals surface area contributed by atoms with Crippen LogP contribution in [0, 0.1) is 11.6 Å². The average molecular weight is 241 g/mol. The van der Waals surface area contributed by atoms with Gasteiger partial charge in [-0.15, -0.1) is 0 Å². The van der Waals surface area contributed by atoms with Gasteiger partial charge in [0.05, 0.1) is 10.6 Å². The smallest absolute Gasteiger partial charge is 0.287 e. The highest BCUT2D eigenvalue weighted by molar-refractivity contribution is 6.34. The largest absolute Gasteiger partial charge is 0.307 e. The third kappa shape index (κ3) is 2.28. The van der Waals surface area contributed by atoms with Crippen LogP contribution in [0.1, 0.15) is 17.3 Å². The SMILES string of the molecule is CC(F)(F)C(=O)c1c(F)ccc(F)c1Cl. The highest BCUT2D eigenvalue weighted by Gasteiger charge is 2.37. The zero-order valence-electron chi connectivity index (χ0n) is 7.45. The molecule has 0 N–H and O–H groups in total. The van der Waals surface area contributed by atoms with E-state index in [1.807, 2.05) is 0 Å². The van der Waals surface area contributed by atoms with Gasteiger partial charge in [-0.05, 0) is 12.1 Å². The first-order valence-corrected chi connectivity index (χ1v) is 4.19. The molecular formula is C9H5ClF4O. The fourth-order valence-electron chi connectivity index (χ4n) is 0.955. The van der Waals surface area contributed by atoms with Crippen molar-refractivity contribution in [3.63, 3.8) is 0 Å². The summed E-state index contributed by atoms with van der Waals surface area (Å²) in [5.74, 6) is -8.03. The van der Waals surface area contributed by atoms with Gasteiger partial charge in [-0.2, -0.15) is 8.78 Å². The topological polar surface area (TPSA) is 17.1 Å². The molecule has 0 aliphatic heterocycles. The Morgan fingerprint density at radius 3 is 2.20 bits per heavy atom. The van der Waals surface area contributed by atoms with Crippen molar-refractivity contribution < 1.29 is 22.4 Å². The summed E-state index contributed by atoms with van der Waals surface area (Å²) in [6.45, 7) is 0.288. The molecule has 0 fully saturated rings. The van der Waals surface area contributed by atoms with Crippen molar-refractivity contribution in [1.29, 1.82) is 0 Å². The van der Waals surface area contributed by atoms with E-state index in [0.29, 0.717) is 12.1 Å². The maximum Gasteiger partial charge on any atom is 0.307 e. The van der Waals surface area contributed by atoms with Crippen molar-refractivity contribution >= 4 is 17.4 Å². The Morgan fingerprint density at radius 2 is 1.73 bits per heavy atom. The summed E-state index contributed by atoms with van der Waals surface area (Å²) < 4.78 is 51.0. The Kier molecular flexibility index (Phi) is 3.04. The second kappa shape index (κ2) is 3.81. The van der Waals surface area contributed by atoms with E-state index in [9.17, 15) is 22.4 Å². The van der Waals surface area contributed by atoms with Crippen LogP contribution in [0.15, 0.2) is 12.1 Å². The lowest BCUT2D eigenvalue weighted by atomic mass is 10.1. The third-order valence-electron chi connectivity index (χ3n) is 1.67. The van der Waals surface area contributed by atoms with Gasteiger partial charge in [-0.1, -0.05) is 11.6 Å².